The quantitative estimate of drug-likeness (QED) is 0.422. The monoisotopic (exact) mass is 451 g/mol. The minimum absolute atomic E-state index is 0.0340. The van der Waals surface area contributed by atoms with Crippen LogP contribution in [0.15, 0.2) is 82.8 Å². The summed E-state index contributed by atoms with van der Waals surface area (Å²) in [7, 11) is -4.00. The molecule has 0 aliphatic carbocycles. The predicted molar refractivity (Wildman–Crippen MR) is 125 cm³/mol. The molecule has 0 radical (unpaired) electrons. The summed E-state index contributed by atoms with van der Waals surface area (Å²) in [6.07, 6.45) is 0. The van der Waals surface area contributed by atoms with Crippen LogP contribution < -0.4 is 9.73 Å². The van der Waals surface area contributed by atoms with Gasteiger partial charge >= 0.3 is 0 Å². The topological polar surface area (TPSA) is 99.1 Å². The number of nitrogens with one attached hydrogen (secondary N) is 1. The van der Waals surface area contributed by atoms with Crippen molar-refractivity contribution in [3.05, 3.63) is 89.5 Å². The first kappa shape index (κ1) is 23.0. The molecular weight excluding hydrogens is 426 g/mol. The molecule has 3 aromatic rings. The summed E-state index contributed by atoms with van der Waals surface area (Å²) in [5, 5.41) is 14.0. The number of hydrogen-bond acceptors (Lipinski definition) is 5. The van der Waals surface area contributed by atoms with Crippen molar-refractivity contribution in [2.24, 2.45) is 5.10 Å². The van der Waals surface area contributed by atoms with E-state index < -0.39 is 22.5 Å². The highest BCUT2D eigenvalue weighted by Crippen LogP contribution is 2.28. The molecule has 0 saturated carbocycles. The normalized spacial score (nSPS) is 11.8. The number of carbonyl (C=O) groups is 1. The Kier molecular flexibility index (Phi) is 6.95. The maximum Gasteiger partial charge on any atom is 0.264 e. The van der Waals surface area contributed by atoms with E-state index in [0.29, 0.717) is 17.0 Å². The van der Waals surface area contributed by atoms with Gasteiger partial charge in [0.2, 0.25) is 0 Å². The maximum atomic E-state index is 13.4. The van der Waals surface area contributed by atoms with Gasteiger partial charge in [-0.3, -0.25) is 9.10 Å². The van der Waals surface area contributed by atoms with Gasteiger partial charge in [-0.05, 0) is 62.2 Å². The molecule has 3 rings (SSSR count). The molecular formula is C24H25N3O4S. The molecule has 0 saturated heterocycles. The molecule has 0 aliphatic heterocycles. The van der Waals surface area contributed by atoms with Gasteiger partial charge in [0.15, 0.2) is 0 Å². The van der Waals surface area contributed by atoms with Gasteiger partial charge in [0.05, 0.1) is 16.3 Å². The number of para-hydroxylation sites is 1. The largest absolute Gasteiger partial charge is 0.507 e. The number of phenols is 1. The highest BCUT2D eigenvalue weighted by Gasteiger charge is 2.28. The summed E-state index contributed by atoms with van der Waals surface area (Å²) in [4.78, 5) is 12.8. The van der Waals surface area contributed by atoms with Gasteiger partial charge in [-0.2, -0.15) is 5.10 Å². The van der Waals surface area contributed by atoms with Crippen LogP contribution in [0, 0.1) is 13.8 Å². The average Bonchev–Trinajstić information content (AvgIpc) is 2.79. The minimum atomic E-state index is -4.00. The number of nitrogens with zero attached hydrogens (tertiary/aromatic N) is 2. The maximum absolute atomic E-state index is 13.4. The molecule has 0 fully saturated rings. The summed E-state index contributed by atoms with van der Waals surface area (Å²) in [6.45, 7) is 4.88. The molecule has 32 heavy (non-hydrogen) atoms. The third-order valence-electron chi connectivity index (χ3n) is 5.11. The fourth-order valence-electron chi connectivity index (χ4n) is 3.18. The Morgan fingerprint density at radius 1 is 0.969 bits per heavy atom. The highest BCUT2D eigenvalue weighted by molar-refractivity contribution is 7.92. The first-order valence-corrected chi connectivity index (χ1v) is 11.4. The number of amides is 1. The summed E-state index contributed by atoms with van der Waals surface area (Å²) in [6, 6.07) is 19.9. The van der Waals surface area contributed by atoms with E-state index in [2.05, 4.69) is 10.5 Å². The van der Waals surface area contributed by atoms with E-state index in [1.54, 1.807) is 55.5 Å². The van der Waals surface area contributed by atoms with Crippen molar-refractivity contribution >= 4 is 27.3 Å². The van der Waals surface area contributed by atoms with Crippen molar-refractivity contribution in [3.63, 3.8) is 0 Å². The van der Waals surface area contributed by atoms with Crippen molar-refractivity contribution in [3.8, 4) is 5.75 Å². The fourth-order valence-corrected chi connectivity index (χ4v) is 4.68. The second-order valence-electron chi connectivity index (χ2n) is 7.29. The first-order chi connectivity index (χ1) is 15.2. The summed E-state index contributed by atoms with van der Waals surface area (Å²) < 4.78 is 27.9. The third-order valence-corrected chi connectivity index (χ3v) is 6.88. The van der Waals surface area contributed by atoms with Crippen LogP contribution in [0.4, 0.5) is 5.69 Å². The number of phenolic OH excluding ortho intramolecular Hbond substituents is 1. The molecule has 0 bridgehead atoms. The molecule has 8 heteroatoms. The molecule has 0 aliphatic rings. The average molecular weight is 452 g/mol. The molecule has 0 unspecified atom stereocenters. The number of carbonyl (C=O) groups excluding carboxylic acids is 1. The van der Waals surface area contributed by atoms with Gasteiger partial charge in [-0.1, -0.05) is 42.5 Å². The Bertz CT molecular complexity index is 1260. The molecule has 3 aromatic carbocycles. The molecule has 0 heterocycles. The lowest BCUT2D eigenvalue weighted by Gasteiger charge is -2.26. The second kappa shape index (κ2) is 9.65. The molecule has 0 spiro atoms. The van der Waals surface area contributed by atoms with Crippen LogP contribution >= 0.6 is 0 Å². The minimum Gasteiger partial charge on any atom is -0.507 e. The Morgan fingerprint density at radius 3 is 2.31 bits per heavy atom. The van der Waals surface area contributed by atoms with Gasteiger partial charge in [0.1, 0.15) is 12.3 Å². The Hall–Kier alpha value is -3.65. The van der Waals surface area contributed by atoms with Gasteiger partial charge in [-0.25, -0.2) is 13.8 Å². The number of benzene rings is 3. The van der Waals surface area contributed by atoms with Gasteiger partial charge in [0, 0.05) is 5.56 Å². The van der Waals surface area contributed by atoms with Crippen LogP contribution in [-0.2, 0) is 14.8 Å². The van der Waals surface area contributed by atoms with E-state index in [4.69, 9.17) is 0 Å². The number of hydrogen-bond donors (Lipinski definition) is 2. The molecule has 1 amide bonds. The molecule has 7 nitrogen and oxygen atoms in total. The fraction of sp³-hybridized carbons (Fsp3) is 0.167. The zero-order chi connectivity index (χ0) is 23.3. The smallest absolute Gasteiger partial charge is 0.264 e. The lowest BCUT2D eigenvalue weighted by atomic mass is 10.1. The van der Waals surface area contributed by atoms with Crippen molar-refractivity contribution in [2.75, 3.05) is 10.8 Å². The second-order valence-corrected chi connectivity index (χ2v) is 9.16. The number of aryl methyl sites for hydroxylation is 1. The van der Waals surface area contributed by atoms with E-state index in [1.807, 2.05) is 19.9 Å². The Morgan fingerprint density at radius 2 is 1.62 bits per heavy atom. The first-order valence-electron chi connectivity index (χ1n) is 9.97. The molecule has 0 atom stereocenters. The summed E-state index contributed by atoms with van der Waals surface area (Å²) >= 11 is 0. The van der Waals surface area contributed by atoms with Crippen LogP contribution in [0.5, 0.6) is 5.75 Å². The Labute approximate surface area is 188 Å². The van der Waals surface area contributed by atoms with E-state index in [0.717, 1.165) is 15.4 Å². The van der Waals surface area contributed by atoms with Crippen LogP contribution in [0.2, 0.25) is 0 Å². The number of rotatable bonds is 7. The van der Waals surface area contributed by atoms with Crippen molar-refractivity contribution in [2.45, 2.75) is 25.7 Å². The summed E-state index contributed by atoms with van der Waals surface area (Å²) in [5.41, 5.74) is 5.34. The van der Waals surface area contributed by atoms with E-state index in [-0.39, 0.29) is 10.6 Å². The summed E-state index contributed by atoms with van der Waals surface area (Å²) in [5.74, 6) is -0.577. The van der Waals surface area contributed by atoms with Crippen LogP contribution in [0.3, 0.4) is 0 Å². The number of hydrazone groups is 1. The zero-order valence-corrected chi connectivity index (χ0v) is 18.9. The molecule has 0 aromatic heterocycles. The van der Waals surface area contributed by atoms with Crippen molar-refractivity contribution in [1.29, 1.82) is 0 Å². The lowest BCUT2D eigenvalue weighted by Crippen LogP contribution is -2.40. The van der Waals surface area contributed by atoms with Gasteiger partial charge < -0.3 is 5.11 Å². The van der Waals surface area contributed by atoms with Crippen molar-refractivity contribution < 1.29 is 18.3 Å². The van der Waals surface area contributed by atoms with E-state index >= 15 is 0 Å². The van der Waals surface area contributed by atoms with Gasteiger partial charge in [-0.15, -0.1) is 0 Å². The molecule has 2 N–H and O–H groups in total. The highest BCUT2D eigenvalue weighted by atomic mass is 32.2. The van der Waals surface area contributed by atoms with E-state index in [1.165, 1.54) is 18.2 Å². The van der Waals surface area contributed by atoms with Crippen LogP contribution in [0.25, 0.3) is 0 Å². The predicted octanol–water partition coefficient (Wildman–Crippen LogP) is 3.74. The van der Waals surface area contributed by atoms with E-state index in [9.17, 15) is 18.3 Å². The van der Waals surface area contributed by atoms with Gasteiger partial charge in [0.25, 0.3) is 15.9 Å². The number of aromatic hydroxyl groups is 1. The van der Waals surface area contributed by atoms with Crippen LogP contribution in [-0.4, -0.2) is 31.7 Å². The lowest BCUT2D eigenvalue weighted by molar-refractivity contribution is -0.119. The SMILES string of the molecule is C/C(=N\NC(=O)CN(c1cccc(C)c1C)S(=O)(=O)c1ccccc1)c1ccccc1O. The standard InChI is InChI=1S/C24H25N3O4S/c1-17-10-9-14-22(18(17)2)27(32(30,31)20-11-5-4-6-12-20)16-24(29)26-25-19(3)21-13-7-8-15-23(21)28/h4-15,28H,16H2,1-3H3,(H,26,29)/b25-19+. The zero-order valence-electron chi connectivity index (χ0n) is 18.1. The third kappa shape index (κ3) is 4.97. The number of anilines is 1. The Balaban J connectivity index is 1.93. The molecule has 166 valence electrons. The van der Waals surface area contributed by atoms with Crippen LogP contribution in [0.1, 0.15) is 23.6 Å². The van der Waals surface area contributed by atoms with Crippen molar-refractivity contribution in [1.82, 2.24) is 5.43 Å². The number of sulfonamides is 1.